The quantitative estimate of drug-likeness (QED) is 0.335. The number of nitrogens with two attached hydrogens (primary N) is 1. The topological polar surface area (TPSA) is 59.6 Å². The molecule has 0 aliphatic carbocycles. The van der Waals surface area contributed by atoms with Crippen LogP contribution in [0.4, 0.5) is 4.39 Å². The summed E-state index contributed by atoms with van der Waals surface area (Å²) in [5.74, 6) is 0.780. The van der Waals surface area contributed by atoms with Crippen LogP contribution in [-0.4, -0.2) is 25.7 Å². The largest absolute Gasteiger partial charge is 0.494 e. The van der Waals surface area contributed by atoms with Crippen molar-refractivity contribution < 1.29 is 9.13 Å². The Morgan fingerprint density at radius 3 is 2.83 bits per heavy atom. The lowest BCUT2D eigenvalue weighted by atomic mass is 10.3. The van der Waals surface area contributed by atoms with E-state index in [0.29, 0.717) is 31.4 Å². The summed E-state index contributed by atoms with van der Waals surface area (Å²) in [5, 5.41) is 2.87. The zero-order valence-electron chi connectivity index (χ0n) is 10.2. The highest BCUT2D eigenvalue weighted by molar-refractivity contribution is 5.77. The van der Waals surface area contributed by atoms with Gasteiger partial charge in [0.1, 0.15) is 11.6 Å². The lowest BCUT2D eigenvalue weighted by Gasteiger charge is -2.05. The molecule has 0 aliphatic rings. The van der Waals surface area contributed by atoms with E-state index in [-0.39, 0.29) is 5.82 Å². The highest BCUT2D eigenvalue weighted by Crippen LogP contribution is 2.10. The van der Waals surface area contributed by atoms with Crippen LogP contribution in [0.5, 0.6) is 5.75 Å². The van der Waals surface area contributed by atoms with Crippen LogP contribution in [0, 0.1) is 5.82 Å². The number of ether oxygens (including phenoxy) is 1. The van der Waals surface area contributed by atoms with Gasteiger partial charge in [-0.2, -0.15) is 0 Å². The molecule has 0 amide bonds. The van der Waals surface area contributed by atoms with Crippen molar-refractivity contribution in [2.75, 3.05) is 19.7 Å². The van der Waals surface area contributed by atoms with E-state index in [2.05, 4.69) is 16.9 Å². The number of benzene rings is 1. The van der Waals surface area contributed by atoms with Crippen molar-refractivity contribution in [1.82, 2.24) is 5.32 Å². The van der Waals surface area contributed by atoms with Gasteiger partial charge in [-0.05, 0) is 24.3 Å². The summed E-state index contributed by atoms with van der Waals surface area (Å²) in [6, 6.07) is 5.92. The molecule has 1 rings (SSSR count). The van der Waals surface area contributed by atoms with Crippen molar-refractivity contribution in [2.24, 2.45) is 10.7 Å². The summed E-state index contributed by atoms with van der Waals surface area (Å²) in [5.41, 5.74) is 5.58. The van der Waals surface area contributed by atoms with Gasteiger partial charge in [-0.15, -0.1) is 6.58 Å². The molecule has 0 aromatic heterocycles. The van der Waals surface area contributed by atoms with E-state index in [0.717, 1.165) is 6.42 Å². The van der Waals surface area contributed by atoms with Crippen molar-refractivity contribution in [2.45, 2.75) is 6.42 Å². The molecule has 4 nitrogen and oxygen atoms in total. The minimum absolute atomic E-state index is 0.270. The van der Waals surface area contributed by atoms with E-state index in [9.17, 15) is 4.39 Å². The molecule has 98 valence electrons. The smallest absolute Gasteiger partial charge is 0.188 e. The van der Waals surface area contributed by atoms with Crippen LogP contribution in [0.25, 0.3) is 0 Å². The van der Waals surface area contributed by atoms with Gasteiger partial charge in [0.2, 0.25) is 0 Å². The lowest BCUT2D eigenvalue weighted by molar-refractivity contribution is 0.313. The van der Waals surface area contributed by atoms with Gasteiger partial charge in [-0.25, -0.2) is 4.39 Å². The zero-order valence-corrected chi connectivity index (χ0v) is 10.2. The van der Waals surface area contributed by atoms with Gasteiger partial charge in [0.25, 0.3) is 0 Å². The molecule has 0 aliphatic heterocycles. The van der Waals surface area contributed by atoms with Crippen LogP contribution in [0.1, 0.15) is 6.42 Å². The molecule has 0 saturated heterocycles. The Labute approximate surface area is 106 Å². The molecule has 1 aromatic rings. The predicted octanol–water partition coefficient (Wildman–Crippen LogP) is 1.68. The third-order valence-electron chi connectivity index (χ3n) is 2.09. The minimum Gasteiger partial charge on any atom is -0.494 e. The van der Waals surface area contributed by atoms with Crippen LogP contribution in [-0.2, 0) is 0 Å². The van der Waals surface area contributed by atoms with Crippen LogP contribution >= 0.6 is 0 Å². The van der Waals surface area contributed by atoms with E-state index in [1.807, 2.05) is 0 Å². The Hall–Kier alpha value is -2.04. The lowest BCUT2D eigenvalue weighted by Crippen LogP contribution is -2.31. The number of guanidine groups is 1. The second-order valence-corrected chi connectivity index (χ2v) is 3.59. The number of hydrogen-bond acceptors (Lipinski definition) is 2. The first-order valence-corrected chi connectivity index (χ1v) is 5.75. The average molecular weight is 251 g/mol. The minimum atomic E-state index is -0.270. The van der Waals surface area contributed by atoms with Crippen LogP contribution in [0.15, 0.2) is 41.9 Å². The van der Waals surface area contributed by atoms with E-state index >= 15 is 0 Å². The van der Waals surface area contributed by atoms with Gasteiger partial charge in [-0.3, -0.25) is 4.99 Å². The summed E-state index contributed by atoms with van der Waals surface area (Å²) in [6.07, 6.45) is 2.45. The van der Waals surface area contributed by atoms with Gasteiger partial charge in [0.15, 0.2) is 5.96 Å². The molecule has 0 fully saturated rings. The molecular formula is C13H18FN3O. The molecule has 5 heteroatoms. The Bertz CT molecular complexity index is 390. The van der Waals surface area contributed by atoms with Gasteiger partial charge in [0, 0.05) is 19.5 Å². The summed E-state index contributed by atoms with van der Waals surface area (Å²) < 4.78 is 18.0. The number of nitrogens with zero attached hydrogens (tertiary/aromatic N) is 1. The van der Waals surface area contributed by atoms with Crippen molar-refractivity contribution in [3.8, 4) is 5.75 Å². The van der Waals surface area contributed by atoms with E-state index < -0.39 is 0 Å². The van der Waals surface area contributed by atoms with Crippen molar-refractivity contribution in [3.05, 3.63) is 42.7 Å². The van der Waals surface area contributed by atoms with Gasteiger partial charge in [0.05, 0.1) is 6.61 Å². The fraction of sp³-hybridized carbons (Fsp3) is 0.308. The second kappa shape index (κ2) is 8.11. The Morgan fingerprint density at radius 2 is 2.17 bits per heavy atom. The zero-order chi connectivity index (χ0) is 13.2. The maximum absolute atomic E-state index is 12.6. The van der Waals surface area contributed by atoms with Crippen molar-refractivity contribution >= 4 is 5.96 Å². The molecule has 0 heterocycles. The second-order valence-electron chi connectivity index (χ2n) is 3.59. The highest BCUT2D eigenvalue weighted by atomic mass is 19.1. The molecule has 0 radical (unpaired) electrons. The van der Waals surface area contributed by atoms with Gasteiger partial charge in [-0.1, -0.05) is 6.08 Å². The third-order valence-corrected chi connectivity index (χ3v) is 2.09. The molecule has 18 heavy (non-hydrogen) atoms. The molecule has 1 aromatic carbocycles. The number of halogens is 1. The van der Waals surface area contributed by atoms with Crippen LogP contribution in [0.2, 0.25) is 0 Å². The predicted molar refractivity (Wildman–Crippen MR) is 71.2 cm³/mol. The summed E-state index contributed by atoms with van der Waals surface area (Å²) in [4.78, 5) is 4.10. The Morgan fingerprint density at radius 1 is 1.44 bits per heavy atom. The Balaban J connectivity index is 2.15. The molecule has 0 spiro atoms. The SMILES string of the molecule is C=CCNC(N)=NCCCOc1ccc(F)cc1. The summed E-state index contributed by atoms with van der Waals surface area (Å²) in [7, 11) is 0. The summed E-state index contributed by atoms with van der Waals surface area (Å²) in [6.45, 7) is 5.26. The van der Waals surface area contributed by atoms with Gasteiger partial charge < -0.3 is 15.8 Å². The normalized spacial score (nSPS) is 11.1. The standard InChI is InChI=1S/C13H18FN3O/c1-2-8-16-13(15)17-9-3-10-18-12-6-4-11(14)5-7-12/h2,4-7H,1,3,8-10H2,(H3,15,16,17). The van der Waals surface area contributed by atoms with E-state index in [4.69, 9.17) is 10.5 Å². The molecular weight excluding hydrogens is 233 g/mol. The fourth-order valence-electron chi connectivity index (χ4n) is 1.22. The van der Waals surface area contributed by atoms with Crippen LogP contribution < -0.4 is 15.8 Å². The maximum Gasteiger partial charge on any atom is 0.188 e. The fourth-order valence-corrected chi connectivity index (χ4v) is 1.22. The van der Waals surface area contributed by atoms with Gasteiger partial charge >= 0.3 is 0 Å². The Kier molecular flexibility index (Phi) is 6.32. The number of hydrogen-bond donors (Lipinski definition) is 2. The molecule has 0 saturated carbocycles. The molecule has 0 atom stereocenters. The third kappa shape index (κ3) is 5.89. The van der Waals surface area contributed by atoms with E-state index in [1.54, 1.807) is 18.2 Å². The molecule has 0 unspecified atom stereocenters. The van der Waals surface area contributed by atoms with Crippen molar-refractivity contribution in [1.29, 1.82) is 0 Å². The first-order valence-electron chi connectivity index (χ1n) is 5.75. The van der Waals surface area contributed by atoms with Crippen molar-refractivity contribution in [3.63, 3.8) is 0 Å². The number of aliphatic imine (C=N–C) groups is 1. The molecule has 0 bridgehead atoms. The first kappa shape index (κ1) is 14.0. The first-order chi connectivity index (χ1) is 8.72. The highest BCUT2D eigenvalue weighted by Gasteiger charge is 1.94. The maximum atomic E-state index is 12.6. The average Bonchev–Trinajstić information content (AvgIpc) is 2.38. The van der Waals surface area contributed by atoms with E-state index in [1.165, 1.54) is 12.1 Å². The molecule has 3 N–H and O–H groups in total. The summed E-state index contributed by atoms with van der Waals surface area (Å²) >= 11 is 0. The number of nitrogens with one attached hydrogen (secondary N) is 1. The number of rotatable bonds is 7. The van der Waals surface area contributed by atoms with Crippen LogP contribution in [0.3, 0.4) is 0 Å². The monoisotopic (exact) mass is 251 g/mol.